The molecule has 2 aromatic rings. The first-order valence-electron chi connectivity index (χ1n) is 7.21. The van der Waals surface area contributed by atoms with E-state index in [-0.39, 0.29) is 5.91 Å². The highest BCUT2D eigenvalue weighted by Crippen LogP contribution is 2.30. The third-order valence-corrected chi connectivity index (χ3v) is 4.10. The second-order valence-corrected chi connectivity index (χ2v) is 6.17. The monoisotopic (exact) mass is 332 g/mol. The molecule has 1 N–H and O–H groups in total. The van der Waals surface area contributed by atoms with Crippen LogP contribution in [0.5, 0.6) is 0 Å². The van der Waals surface area contributed by atoms with Crippen LogP contribution in [0.4, 0.5) is 5.82 Å². The maximum absolute atomic E-state index is 12.6. The van der Waals surface area contributed by atoms with Crippen LogP contribution >= 0.6 is 11.6 Å². The Morgan fingerprint density at radius 1 is 1.43 bits per heavy atom. The lowest BCUT2D eigenvalue weighted by molar-refractivity contribution is -0.136. The molecule has 120 valence electrons. The van der Waals surface area contributed by atoms with Gasteiger partial charge in [-0.3, -0.25) is 9.48 Å². The van der Waals surface area contributed by atoms with Gasteiger partial charge in [-0.1, -0.05) is 35.0 Å². The maximum atomic E-state index is 12.6. The van der Waals surface area contributed by atoms with Gasteiger partial charge >= 0.3 is 0 Å². The number of halogens is 1. The van der Waals surface area contributed by atoms with E-state index in [9.17, 15) is 4.79 Å². The number of benzene rings is 1. The van der Waals surface area contributed by atoms with Gasteiger partial charge in [0.25, 0.3) is 5.91 Å². The highest BCUT2D eigenvalue weighted by Gasteiger charge is 2.42. The van der Waals surface area contributed by atoms with E-state index in [4.69, 9.17) is 16.4 Å². The number of hydrogen-bond donors (Lipinski definition) is 1. The summed E-state index contributed by atoms with van der Waals surface area (Å²) in [7, 11) is 1.77. The van der Waals surface area contributed by atoms with E-state index in [1.165, 1.54) is 0 Å². The van der Waals surface area contributed by atoms with Crippen LogP contribution in [0.2, 0.25) is 5.02 Å². The maximum Gasteiger partial charge on any atom is 0.272 e. The molecule has 1 aliphatic heterocycles. The molecular formula is C16H17ClN4O2. The fraction of sp³-hybridized carbons (Fsp3) is 0.312. The average Bonchev–Trinajstić information content (AvgIpc) is 3.04. The molecule has 6 nitrogen and oxygen atoms in total. The molecular weight excluding hydrogens is 316 g/mol. The van der Waals surface area contributed by atoms with E-state index in [2.05, 4.69) is 15.6 Å². The van der Waals surface area contributed by atoms with Gasteiger partial charge in [0.1, 0.15) is 5.82 Å². The SMILES string of the molecule is Cc1cc(NC(=O)[C@@]2(C)CC(c3ccccc3Cl)=NO2)n(C)n1. The number of hydrogen-bond acceptors (Lipinski definition) is 4. The number of carbonyl (C=O) groups excluding carboxylic acids is 1. The highest BCUT2D eigenvalue weighted by atomic mass is 35.5. The van der Waals surface area contributed by atoms with Crippen molar-refractivity contribution in [1.82, 2.24) is 9.78 Å². The fourth-order valence-corrected chi connectivity index (χ4v) is 2.72. The summed E-state index contributed by atoms with van der Waals surface area (Å²) >= 11 is 6.18. The van der Waals surface area contributed by atoms with E-state index in [0.717, 1.165) is 11.3 Å². The van der Waals surface area contributed by atoms with Crippen molar-refractivity contribution in [3.63, 3.8) is 0 Å². The summed E-state index contributed by atoms with van der Waals surface area (Å²) in [4.78, 5) is 18.0. The molecule has 7 heteroatoms. The number of nitrogens with one attached hydrogen (secondary N) is 1. The van der Waals surface area contributed by atoms with Crippen LogP contribution in [-0.2, 0) is 16.7 Å². The van der Waals surface area contributed by atoms with Gasteiger partial charge in [0, 0.05) is 30.1 Å². The van der Waals surface area contributed by atoms with Crippen LogP contribution in [0, 0.1) is 6.92 Å². The summed E-state index contributed by atoms with van der Waals surface area (Å²) in [6, 6.07) is 9.16. The minimum absolute atomic E-state index is 0.272. The van der Waals surface area contributed by atoms with Crippen LogP contribution in [0.3, 0.4) is 0 Å². The number of oxime groups is 1. The zero-order valence-electron chi connectivity index (χ0n) is 13.1. The molecule has 1 amide bonds. The summed E-state index contributed by atoms with van der Waals surface area (Å²) in [6.07, 6.45) is 0.347. The van der Waals surface area contributed by atoms with Crippen molar-refractivity contribution in [3.05, 3.63) is 46.6 Å². The van der Waals surface area contributed by atoms with Gasteiger partial charge in [-0.2, -0.15) is 5.10 Å². The Labute approximate surface area is 139 Å². The zero-order chi connectivity index (χ0) is 16.6. The average molecular weight is 333 g/mol. The van der Waals surface area contributed by atoms with E-state index in [1.54, 1.807) is 30.8 Å². The minimum atomic E-state index is -1.08. The van der Waals surface area contributed by atoms with Crippen molar-refractivity contribution < 1.29 is 9.63 Å². The van der Waals surface area contributed by atoms with Crippen molar-refractivity contribution >= 4 is 29.0 Å². The molecule has 0 fully saturated rings. The summed E-state index contributed by atoms with van der Waals surface area (Å²) in [5.41, 5.74) is 1.19. The molecule has 0 aliphatic carbocycles. The predicted octanol–water partition coefficient (Wildman–Crippen LogP) is 2.90. The normalized spacial score (nSPS) is 20.1. The number of carbonyl (C=O) groups is 1. The van der Waals surface area contributed by atoms with Gasteiger partial charge in [-0.05, 0) is 19.9 Å². The van der Waals surface area contributed by atoms with Gasteiger partial charge in [-0.25, -0.2) is 0 Å². The van der Waals surface area contributed by atoms with Gasteiger partial charge in [-0.15, -0.1) is 0 Å². The standard InChI is InChI=1S/C16H17ClN4O2/c1-10-8-14(21(3)19-10)18-15(22)16(2)9-13(20-23-16)11-6-4-5-7-12(11)17/h4-8H,9H2,1-3H3,(H,18,22)/t16-/m1/s1. The summed E-state index contributed by atoms with van der Waals surface area (Å²) in [5, 5.41) is 11.7. The number of anilines is 1. The van der Waals surface area contributed by atoms with Crippen molar-refractivity contribution in [3.8, 4) is 0 Å². The lowest BCUT2D eigenvalue weighted by atomic mass is 9.95. The Bertz CT molecular complexity index is 799. The summed E-state index contributed by atoms with van der Waals surface area (Å²) in [6.45, 7) is 3.57. The van der Waals surface area contributed by atoms with Crippen LogP contribution in [0.15, 0.2) is 35.5 Å². The second-order valence-electron chi connectivity index (χ2n) is 5.77. The van der Waals surface area contributed by atoms with Crippen molar-refractivity contribution in [2.75, 3.05) is 5.32 Å². The van der Waals surface area contributed by atoms with E-state index >= 15 is 0 Å². The largest absolute Gasteiger partial charge is 0.379 e. The topological polar surface area (TPSA) is 68.5 Å². The van der Waals surface area contributed by atoms with Crippen LogP contribution in [-0.4, -0.2) is 27.0 Å². The number of nitrogens with zero attached hydrogens (tertiary/aromatic N) is 3. The Morgan fingerprint density at radius 2 is 2.17 bits per heavy atom. The molecule has 1 aliphatic rings. The van der Waals surface area contributed by atoms with Crippen LogP contribution < -0.4 is 5.32 Å². The Hall–Kier alpha value is -2.34. The van der Waals surface area contributed by atoms with Crippen molar-refractivity contribution in [1.29, 1.82) is 0 Å². The highest BCUT2D eigenvalue weighted by molar-refractivity contribution is 6.34. The Kier molecular flexibility index (Phi) is 3.85. The molecule has 0 radical (unpaired) electrons. The summed E-state index contributed by atoms with van der Waals surface area (Å²) in [5.74, 6) is 0.342. The first-order valence-corrected chi connectivity index (χ1v) is 7.59. The van der Waals surface area contributed by atoms with Crippen LogP contribution in [0.25, 0.3) is 0 Å². The molecule has 3 rings (SSSR count). The third kappa shape index (κ3) is 2.94. The molecule has 2 heterocycles. The van der Waals surface area contributed by atoms with Gasteiger partial charge < -0.3 is 10.2 Å². The van der Waals surface area contributed by atoms with Gasteiger partial charge in [0.2, 0.25) is 5.60 Å². The molecule has 0 unspecified atom stereocenters. The van der Waals surface area contributed by atoms with Crippen LogP contribution in [0.1, 0.15) is 24.6 Å². The molecule has 1 aromatic carbocycles. The second kappa shape index (κ2) is 5.70. The van der Waals surface area contributed by atoms with Crippen molar-refractivity contribution in [2.24, 2.45) is 12.2 Å². The quantitative estimate of drug-likeness (QED) is 0.939. The molecule has 0 saturated heterocycles. The minimum Gasteiger partial charge on any atom is -0.379 e. The van der Waals surface area contributed by atoms with E-state index < -0.39 is 5.60 Å². The molecule has 23 heavy (non-hydrogen) atoms. The number of rotatable bonds is 3. The number of aryl methyl sites for hydroxylation is 2. The third-order valence-electron chi connectivity index (χ3n) is 3.77. The zero-order valence-corrected chi connectivity index (χ0v) is 13.9. The Balaban J connectivity index is 1.76. The predicted molar refractivity (Wildman–Crippen MR) is 88.7 cm³/mol. The van der Waals surface area contributed by atoms with Gasteiger partial charge in [0.05, 0.1) is 11.4 Å². The molecule has 1 aromatic heterocycles. The number of aromatic nitrogens is 2. The Morgan fingerprint density at radius 3 is 2.83 bits per heavy atom. The number of amides is 1. The molecule has 0 saturated carbocycles. The fourth-order valence-electron chi connectivity index (χ4n) is 2.48. The molecule has 0 spiro atoms. The lowest BCUT2D eigenvalue weighted by Crippen LogP contribution is -2.40. The lowest BCUT2D eigenvalue weighted by Gasteiger charge is -2.20. The van der Waals surface area contributed by atoms with E-state index in [1.807, 2.05) is 25.1 Å². The first-order chi connectivity index (χ1) is 10.9. The summed E-state index contributed by atoms with van der Waals surface area (Å²) < 4.78 is 1.61. The smallest absolute Gasteiger partial charge is 0.272 e. The van der Waals surface area contributed by atoms with Crippen molar-refractivity contribution in [2.45, 2.75) is 25.9 Å². The first kappa shape index (κ1) is 15.6. The molecule has 0 bridgehead atoms. The van der Waals surface area contributed by atoms with Gasteiger partial charge in [0.15, 0.2) is 0 Å². The molecule has 1 atom stereocenters. The van der Waals surface area contributed by atoms with E-state index in [0.29, 0.717) is 23.0 Å².